The number of carboxylic acids is 1. The lowest BCUT2D eigenvalue weighted by atomic mass is 10.1. The van der Waals surface area contributed by atoms with Gasteiger partial charge < -0.3 is 20.3 Å². The van der Waals surface area contributed by atoms with Crippen molar-refractivity contribution < 1.29 is 14.7 Å². The maximum Gasteiger partial charge on any atom is 0.367 e. The first-order valence-corrected chi connectivity index (χ1v) is 9.10. The van der Waals surface area contributed by atoms with E-state index in [4.69, 9.17) is 28.3 Å². The van der Waals surface area contributed by atoms with Gasteiger partial charge in [0.15, 0.2) is 0 Å². The van der Waals surface area contributed by atoms with E-state index in [0.29, 0.717) is 41.8 Å². The largest absolute Gasteiger partial charge is 0.476 e. The second-order valence-corrected chi connectivity index (χ2v) is 7.39. The second kappa shape index (κ2) is 7.19. The zero-order chi connectivity index (χ0) is 18.1. The third kappa shape index (κ3) is 3.73. The Kier molecular flexibility index (Phi) is 5.16. The van der Waals surface area contributed by atoms with E-state index >= 15 is 0 Å². The topological polar surface area (TPSA) is 111 Å². The lowest BCUT2D eigenvalue weighted by Gasteiger charge is -2.31. The first-order chi connectivity index (χ1) is 11.9. The van der Waals surface area contributed by atoms with Crippen LogP contribution in [0.4, 0.5) is 5.13 Å². The minimum Gasteiger partial charge on any atom is -0.476 e. The molecule has 0 aromatic carbocycles. The number of aryl methyl sites for hydroxylation is 1. The summed E-state index contributed by atoms with van der Waals surface area (Å²) in [5.74, 6) is -1.37. The number of carboxylic acid groups (broad SMARTS) is 1. The van der Waals surface area contributed by atoms with Gasteiger partial charge in [0.2, 0.25) is 10.1 Å². The molecule has 1 fully saturated rings. The van der Waals surface area contributed by atoms with Crippen LogP contribution in [0, 0.1) is 6.92 Å². The van der Waals surface area contributed by atoms with Crippen LogP contribution in [0.2, 0.25) is 10.0 Å². The molecule has 25 heavy (non-hydrogen) atoms. The summed E-state index contributed by atoms with van der Waals surface area (Å²) in [4.78, 5) is 28.1. The number of H-pyrrole nitrogens is 1. The van der Waals surface area contributed by atoms with Gasteiger partial charge in [0, 0.05) is 24.8 Å². The highest BCUT2D eigenvalue weighted by Gasteiger charge is 2.26. The average Bonchev–Trinajstić information content (AvgIpc) is 3.17. The van der Waals surface area contributed by atoms with Gasteiger partial charge >= 0.3 is 5.97 Å². The quantitative estimate of drug-likeness (QED) is 0.723. The smallest absolute Gasteiger partial charge is 0.367 e. The van der Waals surface area contributed by atoms with Crippen molar-refractivity contribution in [2.45, 2.75) is 25.8 Å². The minimum atomic E-state index is -1.08. The summed E-state index contributed by atoms with van der Waals surface area (Å²) < 4.78 is 0. The van der Waals surface area contributed by atoms with Crippen molar-refractivity contribution in [2.24, 2.45) is 0 Å². The maximum atomic E-state index is 12.3. The van der Waals surface area contributed by atoms with Crippen LogP contribution in [0.25, 0.3) is 0 Å². The monoisotopic (exact) mass is 403 g/mol. The molecule has 3 rings (SSSR count). The van der Waals surface area contributed by atoms with Crippen molar-refractivity contribution in [3.05, 3.63) is 26.4 Å². The fourth-order valence-electron chi connectivity index (χ4n) is 2.63. The van der Waals surface area contributed by atoms with E-state index in [9.17, 15) is 9.59 Å². The number of aromatic nitrogens is 3. The number of hydrogen-bond acceptors (Lipinski definition) is 6. The minimum absolute atomic E-state index is 0.00550. The summed E-state index contributed by atoms with van der Waals surface area (Å²) in [5, 5.41) is 20.5. The van der Waals surface area contributed by atoms with Gasteiger partial charge in [-0.1, -0.05) is 34.5 Å². The number of carbonyl (C=O) groups is 2. The number of anilines is 1. The molecule has 3 heterocycles. The molecule has 0 spiro atoms. The second-order valence-electron chi connectivity index (χ2n) is 5.68. The number of carbonyl (C=O) groups excluding carboxylic acids is 1. The Hall–Kier alpha value is -1.84. The molecule has 2 aromatic heterocycles. The van der Waals surface area contributed by atoms with Gasteiger partial charge in [0.25, 0.3) is 5.91 Å². The Morgan fingerprint density at radius 3 is 2.48 bits per heavy atom. The predicted molar refractivity (Wildman–Crippen MR) is 95.1 cm³/mol. The molecule has 0 saturated carbocycles. The molecule has 11 heteroatoms. The van der Waals surface area contributed by atoms with Crippen LogP contribution in [0.15, 0.2) is 0 Å². The molecule has 1 aliphatic rings. The normalized spacial score (nSPS) is 15.4. The number of rotatable bonds is 4. The van der Waals surface area contributed by atoms with Crippen LogP contribution in [0.1, 0.15) is 38.8 Å². The highest BCUT2D eigenvalue weighted by atomic mass is 35.5. The number of nitrogens with one attached hydrogen (secondary N) is 2. The summed E-state index contributed by atoms with van der Waals surface area (Å²) >= 11 is 13.1. The van der Waals surface area contributed by atoms with Crippen LogP contribution in [-0.2, 0) is 0 Å². The van der Waals surface area contributed by atoms with Gasteiger partial charge in [-0.25, -0.2) is 4.79 Å². The molecule has 0 bridgehead atoms. The summed E-state index contributed by atoms with van der Waals surface area (Å²) in [5.41, 5.74) is 0.916. The first-order valence-electron chi connectivity index (χ1n) is 7.53. The summed E-state index contributed by atoms with van der Waals surface area (Å²) in [6.45, 7) is 3.05. The first kappa shape index (κ1) is 18.0. The van der Waals surface area contributed by atoms with Crippen molar-refractivity contribution in [3.8, 4) is 0 Å². The lowest BCUT2D eigenvalue weighted by Crippen LogP contribution is -2.44. The number of aromatic carboxylic acids is 1. The van der Waals surface area contributed by atoms with Gasteiger partial charge in [-0.15, -0.1) is 10.2 Å². The van der Waals surface area contributed by atoms with Crippen molar-refractivity contribution in [3.63, 3.8) is 0 Å². The van der Waals surface area contributed by atoms with Crippen molar-refractivity contribution in [1.82, 2.24) is 20.5 Å². The molecular formula is C14H15Cl2N5O3S. The van der Waals surface area contributed by atoms with Crippen molar-refractivity contribution in [2.75, 3.05) is 18.0 Å². The molecule has 1 saturated heterocycles. The molecular weight excluding hydrogens is 389 g/mol. The molecule has 8 nitrogen and oxygen atoms in total. The fraction of sp³-hybridized carbons (Fsp3) is 0.429. The highest BCUT2D eigenvalue weighted by molar-refractivity contribution is 7.17. The number of hydrogen-bond donors (Lipinski definition) is 3. The number of nitrogens with zero attached hydrogens (tertiary/aromatic N) is 3. The third-order valence-electron chi connectivity index (χ3n) is 3.98. The Morgan fingerprint density at radius 2 is 1.96 bits per heavy atom. The Bertz CT molecular complexity index is 813. The maximum absolute atomic E-state index is 12.3. The predicted octanol–water partition coefficient (Wildman–Crippen LogP) is 2.58. The van der Waals surface area contributed by atoms with Crippen LogP contribution < -0.4 is 10.2 Å². The molecule has 0 radical (unpaired) electrons. The van der Waals surface area contributed by atoms with E-state index < -0.39 is 5.97 Å². The van der Waals surface area contributed by atoms with E-state index in [0.717, 1.165) is 11.3 Å². The van der Waals surface area contributed by atoms with Gasteiger partial charge in [-0.2, -0.15) is 0 Å². The fourth-order valence-corrected chi connectivity index (χ4v) is 3.78. The Morgan fingerprint density at radius 1 is 1.28 bits per heavy atom. The van der Waals surface area contributed by atoms with Crippen LogP contribution >= 0.6 is 34.5 Å². The molecule has 0 aliphatic carbocycles. The van der Waals surface area contributed by atoms with Crippen molar-refractivity contribution >= 4 is 51.5 Å². The molecule has 3 N–H and O–H groups in total. The lowest BCUT2D eigenvalue weighted by molar-refractivity contribution is 0.0695. The molecule has 0 unspecified atom stereocenters. The van der Waals surface area contributed by atoms with Gasteiger partial charge in [0.05, 0.1) is 10.0 Å². The Balaban J connectivity index is 1.57. The molecule has 2 aromatic rings. The van der Waals surface area contributed by atoms with Gasteiger partial charge in [-0.05, 0) is 19.8 Å². The molecule has 134 valence electrons. The van der Waals surface area contributed by atoms with Crippen LogP contribution in [0.5, 0.6) is 0 Å². The zero-order valence-electron chi connectivity index (χ0n) is 13.2. The van der Waals surface area contributed by atoms with E-state index in [1.807, 2.05) is 4.90 Å². The van der Waals surface area contributed by atoms with Crippen LogP contribution in [0.3, 0.4) is 0 Å². The van der Waals surface area contributed by atoms with Gasteiger partial charge in [-0.3, -0.25) is 4.79 Å². The summed E-state index contributed by atoms with van der Waals surface area (Å²) in [6, 6.07) is -0.00550. The highest BCUT2D eigenvalue weighted by Crippen LogP contribution is 2.29. The number of piperidine rings is 1. The summed E-state index contributed by atoms with van der Waals surface area (Å²) in [6.07, 6.45) is 1.41. The molecule has 0 atom stereocenters. The average molecular weight is 404 g/mol. The zero-order valence-corrected chi connectivity index (χ0v) is 15.5. The molecule has 1 aliphatic heterocycles. The van der Waals surface area contributed by atoms with E-state index in [-0.39, 0.29) is 27.7 Å². The SMILES string of the molecule is Cc1[nH]c(C(=O)NC2CCN(c3nnc(C(=O)O)s3)CC2)c(Cl)c1Cl. The number of amides is 1. The van der Waals surface area contributed by atoms with E-state index in [2.05, 4.69) is 20.5 Å². The van der Waals surface area contributed by atoms with E-state index in [1.54, 1.807) is 6.92 Å². The molecule has 1 amide bonds. The van der Waals surface area contributed by atoms with Crippen molar-refractivity contribution in [1.29, 1.82) is 0 Å². The van der Waals surface area contributed by atoms with Gasteiger partial charge in [0.1, 0.15) is 5.69 Å². The third-order valence-corrected chi connectivity index (χ3v) is 5.90. The summed E-state index contributed by atoms with van der Waals surface area (Å²) in [7, 11) is 0. The number of aromatic amines is 1. The Labute approximate surface area is 157 Å². The van der Waals surface area contributed by atoms with E-state index in [1.165, 1.54) is 0 Å². The van der Waals surface area contributed by atoms with Crippen LogP contribution in [-0.4, -0.2) is 51.3 Å². The number of halogens is 2. The standard InChI is InChI=1S/C14H15Cl2N5O3S/c1-6-8(15)9(16)10(17-6)11(22)18-7-2-4-21(5-3-7)14-20-19-12(25-14)13(23)24/h7,17H,2-5H2,1H3,(H,18,22)(H,23,24).